The molecule has 15 heavy (non-hydrogen) atoms. The number of aryl methyl sites for hydroxylation is 1. The molecule has 0 aromatic carbocycles. The summed E-state index contributed by atoms with van der Waals surface area (Å²) in [7, 11) is 0. The topological polar surface area (TPSA) is 40.7 Å². The fourth-order valence-electron chi connectivity index (χ4n) is 1.42. The lowest BCUT2D eigenvalue weighted by Crippen LogP contribution is -1.91. The Labute approximate surface area is 94.8 Å². The molecule has 3 aromatic heterocycles. The summed E-state index contributed by atoms with van der Waals surface area (Å²) in [6.07, 6.45) is 0. The smallest absolute Gasteiger partial charge is 0.205 e. The van der Waals surface area contributed by atoms with E-state index < -0.39 is 0 Å². The summed E-state index contributed by atoms with van der Waals surface area (Å²) in [5, 5.41) is 11.6. The zero-order valence-corrected chi connectivity index (χ0v) is 9.71. The highest BCUT2D eigenvalue weighted by molar-refractivity contribution is 7.09. The molecular weight excluding hydrogens is 226 g/mol. The Morgan fingerprint density at radius 2 is 2.07 bits per heavy atom. The molecule has 0 unspecified atom stereocenters. The van der Waals surface area contributed by atoms with Crippen LogP contribution < -0.4 is 5.32 Å². The Kier molecular flexibility index (Phi) is 2.00. The van der Waals surface area contributed by atoms with Crippen molar-refractivity contribution in [2.45, 2.75) is 6.92 Å². The molecule has 0 fully saturated rings. The van der Waals surface area contributed by atoms with Gasteiger partial charge in [0.15, 0.2) is 0 Å². The summed E-state index contributed by atoms with van der Waals surface area (Å²) in [5.74, 6) is 0.814. The van der Waals surface area contributed by atoms with E-state index >= 15 is 0 Å². The molecule has 3 heterocycles. The highest BCUT2D eigenvalue weighted by Crippen LogP contribution is 2.25. The first-order valence-corrected chi connectivity index (χ1v) is 6.43. The number of aromatic amines is 1. The van der Waals surface area contributed by atoms with E-state index in [0.717, 1.165) is 22.7 Å². The molecule has 0 saturated heterocycles. The molecule has 0 atom stereocenters. The standard InChI is InChI=1S/C10H9N3S2/c1-6-2-14-3-7(6)11-10-12-8-4-15-5-9(8)13-10/h2-5H,1H3,(H2,11,12,13). The Morgan fingerprint density at radius 1 is 1.20 bits per heavy atom. The predicted octanol–water partition coefficient (Wildman–Crippen LogP) is 3.74. The number of imidazole rings is 1. The van der Waals surface area contributed by atoms with Crippen LogP contribution in [0.5, 0.6) is 0 Å². The van der Waals surface area contributed by atoms with Gasteiger partial charge in [-0.1, -0.05) is 0 Å². The fraction of sp³-hybridized carbons (Fsp3) is 0.100. The van der Waals surface area contributed by atoms with E-state index in [1.54, 1.807) is 22.7 Å². The molecule has 0 spiro atoms. The monoisotopic (exact) mass is 235 g/mol. The minimum absolute atomic E-state index is 0.814. The average Bonchev–Trinajstić information content (AvgIpc) is 2.83. The molecule has 2 N–H and O–H groups in total. The molecule has 76 valence electrons. The summed E-state index contributed by atoms with van der Waals surface area (Å²) >= 11 is 3.35. The largest absolute Gasteiger partial charge is 0.325 e. The molecule has 3 aromatic rings. The van der Waals surface area contributed by atoms with Crippen LogP contribution in [-0.2, 0) is 0 Å². The van der Waals surface area contributed by atoms with Crippen LogP contribution in [0.4, 0.5) is 11.6 Å². The third-order valence-corrected chi connectivity index (χ3v) is 3.83. The molecular formula is C10H9N3S2. The highest BCUT2D eigenvalue weighted by atomic mass is 32.1. The molecule has 0 aliphatic heterocycles. The van der Waals surface area contributed by atoms with Crippen LogP contribution in [0, 0.1) is 6.92 Å². The molecule has 3 nitrogen and oxygen atoms in total. The van der Waals surface area contributed by atoms with Gasteiger partial charge in [-0.15, -0.1) is 22.7 Å². The van der Waals surface area contributed by atoms with E-state index in [1.807, 2.05) is 5.38 Å². The van der Waals surface area contributed by atoms with E-state index in [2.05, 4.69) is 38.3 Å². The maximum absolute atomic E-state index is 4.44. The van der Waals surface area contributed by atoms with Gasteiger partial charge in [-0.2, -0.15) is 0 Å². The third-order valence-electron chi connectivity index (χ3n) is 2.24. The second-order valence-corrected chi connectivity index (χ2v) is 4.84. The van der Waals surface area contributed by atoms with Gasteiger partial charge in [0.05, 0.1) is 11.2 Å². The fourth-order valence-corrected chi connectivity index (χ4v) is 2.89. The van der Waals surface area contributed by atoms with Gasteiger partial charge in [0, 0.05) is 16.1 Å². The van der Waals surface area contributed by atoms with Crippen molar-refractivity contribution in [2.75, 3.05) is 5.32 Å². The average molecular weight is 235 g/mol. The number of hydrogen-bond donors (Lipinski definition) is 2. The van der Waals surface area contributed by atoms with Gasteiger partial charge in [0.25, 0.3) is 0 Å². The van der Waals surface area contributed by atoms with Crippen molar-refractivity contribution in [3.63, 3.8) is 0 Å². The van der Waals surface area contributed by atoms with Gasteiger partial charge in [-0.05, 0) is 17.9 Å². The lowest BCUT2D eigenvalue weighted by atomic mass is 10.3. The highest BCUT2D eigenvalue weighted by Gasteiger charge is 2.05. The first kappa shape index (κ1) is 8.94. The van der Waals surface area contributed by atoms with Crippen molar-refractivity contribution in [2.24, 2.45) is 0 Å². The van der Waals surface area contributed by atoms with Crippen LogP contribution in [0.1, 0.15) is 5.56 Å². The Morgan fingerprint density at radius 3 is 2.80 bits per heavy atom. The van der Waals surface area contributed by atoms with E-state index in [9.17, 15) is 0 Å². The SMILES string of the molecule is Cc1cscc1Nc1nc2cscc2[nH]1. The lowest BCUT2D eigenvalue weighted by molar-refractivity contribution is 1.30. The second-order valence-electron chi connectivity index (χ2n) is 3.35. The van der Waals surface area contributed by atoms with Gasteiger partial charge in [0.1, 0.15) is 5.52 Å². The van der Waals surface area contributed by atoms with Gasteiger partial charge in [-0.3, -0.25) is 0 Å². The number of anilines is 2. The first-order valence-electron chi connectivity index (χ1n) is 4.54. The van der Waals surface area contributed by atoms with E-state index in [1.165, 1.54) is 5.56 Å². The van der Waals surface area contributed by atoms with Crippen LogP contribution in [-0.4, -0.2) is 9.97 Å². The zero-order valence-electron chi connectivity index (χ0n) is 8.07. The summed E-state index contributed by atoms with van der Waals surface area (Å²) in [5.41, 5.74) is 4.49. The minimum atomic E-state index is 0.814. The molecule has 0 radical (unpaired) electrons. The first-order chi connectivity index (χ1) is 7.33. The van der Waals surface area contributed by atoms with Gasteiger partial charge < -0.3 is 10.3 Å². The van der Waals surface area contributed by atoms with E-state index in [4.69, 9.17) is 0 Å². The Hall–Kier alpha value is -1.33. The quantitative estimate of drug-likeness (QED) is 0.710. The van der Waals surface area contributed by atoms with Crippen molar-refractivity contribution in [1.29, 1.82) is 0 Å². The minimum Gasteiger partial charge on any atom is -0.325 e. The number of thiophene rings is 2. The molecule has 0 aliphatic carbocycles. The lowest BCUT2D eigenvalue weighted by Gasteiger charge is -2.00. The number of H-pyrrole nitrogens is 1. The van der Waals surface area contributed by atoms with Crippen molar-refractivity contribution in [3.8, 4) is 0 Å². The van der Waals surface area contributed by atoms with Crippen molar-refractivity contribution in [3.05, 3.63) is 27.1 Å². The third kappa shape index (κ3) is 1.53. The van der Waals surface area contributed by atoms with Crippen LogP contribution in [0.2, 0.25) is 0 Å². The number of hydrogen-bond acceptors (Lipinski definition) is 4. The second kappa shape index (κ2) is 3.36. The number of nitrogens with one attached hydrogen (secondary N) is 2. The Balaban J connectivity index is 1.95. The van der Waals surface area contributed by atoms with Crippen LogP contribution in [0.15, 0.2) is 21.5 Å². The summed E-state index contributed by atoms with van der Waals surface area (Å²) in [6.45, 7) is 2.09. The molecule has 3 rings (SSSR count). The van der Waals surface area contributed by atoms with Crippen LogP contribution in [0.3, 0.4) is 0 Å². The van der Waals surface area contributed by atoms with Crippen LogP contribution >= 0.6 is 22.7 Å². The molecule has 0 amide bonds. The molecule has 5 heteroatoms. The maximum Gasteiger partial charge on any atom is 0.205 e. The van der Waals surface area contributed by atoms with E-state index in [0.29, 0.717) is 0 Å². The number of aromatic nitrogens is 2. The maximum atomic E-state index is 4.44. The normalized spacial score (nSPS) is 11.0. The Bertz CT molecular complexity index is 562. The van der Waals surface area contributed by atoms with Gasteiger partial charge >= 0.3 is 0 Å². The summed E-state index contributed by atoms with van der Waals surface area (Å²) in [6, 6.07) is 0. The van der Waals surface area contributed by atoms with Crippen molar-refractivity contribution >= 4 is 45.3 Å². The van der Waals surface area contributed by atoms with Crippen molar-refractivity contribution < 1.29 is 0 Å². The van der Waals surface area contributed by atoms with Crippen LogP contribution in [0.25, 0.3) is 11.0 Å². The number of nitrogens with zero attached hydrogens (tertiary/aromatic N) is 1. The van der Waals surface area contributed by atoms with Gasteiger partial charge in [0.2, 0.25) is 5.95 Å². The number of fused-ring (bicyclic) bond motifs is 1. The molecule has 0 saturated carbocycles. The number of rotatable bonds is 2. The van der Waals surface area contributed by atoms with Crippen molar-refractivity contribution in [1.82, 2.24) is 9.97 Å². The van der Waals surface area contributed by atoms with E-state index in [-0.39, 0.29) is 0 Å². The molecule has 0 aliphatic rings. The predicted molar refractivity (Wildman–Crippen MR) is 66.3 cm³/mol. The zero-order chi connectivity index (χ0) is 10.3. The summed E-state index contributed by atoms with van der Waals surface area (Å²) < 4.78 is 0. The summed E-state index contributed by atoms with van der Waals surface area (Å²) in [4.78, 5) is 7.67. The van der Waals surface area contributed by atoms with Gasteiger partial charge in [-0.25, -0.2) is 4.98 Å². The molecule has 0 bridgehead atoms.